The average molecular weight is 304 g/mol. The number of rotatable bonds is 4. The van der Waals surface area contributed by atoms with Gasteiger partial charge in [0.25, 0.3) is 5.91 Å². The summed E-state index contributed by atoms with van der Waals surface area (Å²) in [6.45, 7) is 4.25. The molecule has 0 atom stereocenters. The summed E-state index contributed by atoms with van der Waals surface area (Å²) in [7, 11) is 0. The SMILES string of the molecule is CC(C)c1ccc(NC(=O)c2cc(Cl)ccc2NN)cc1. The number of carbonyl (C=O) groups is 1. The maximum Gasteiger partial charge on any atom is 0.257 e. The predicted octanol–water partition coefficient (Wildman–Crippen LogP) is 4.00. The fourth-order valence-corrected chi connectivity index (χ4v) is 2.15. The molecule has 2 rings (SSSR count). The molecule has 4 nitrogen and oxygen atoms in total. The van der Waals surface area contributed by atoms with E-state index in [1.54, 1.807) is 18.2 Å². The van der Waals surface area contributed by atoms with Crippen LogP contribution in [0.2, 0.25) is 5.02 Å². The van der Waals surface area contributed by atoms with Crippen LogP contribution < -0.4 is 16.6 Å². The molecule has 0 saturated heterocycles. The van der Waals surface area contributed by atoms with Gasteiger partial charge >= 0.3 is 0 Å². The number of anilines is 2. The lowest BCUT2D eigenvalue weighted by atomic mass is 10.0. The molecule has 0 spiro atoms. The molecule has 0 heterocycles. The number of nitrogens with two attached hydrogens (primary N) is 1. The highest BCUT2D eigenvalue weighted by Crippen LogP contribution is 2.22. The highest BCUT2D eigenvalue weighted by atomic mass is 35.5. The van der Waals surface area contributed by atoms with Crippen molar-refractivity contribution in [3.8, 4) is 0 Å². The van der Waals surface area contributed by atoms with Crippen molar-refractivity contribution in [2.75, 3.05) is 10.7 Å². The zero-order valence-corrected chi connectivity index (χ0v) is 12.7. The van der Waals surface area contributed by atoms with Crippen LogP contribution in [-0.2, 0) is 0 Å². The Kier molecular flexibility index (Phi) is 4.83. The lowest BCUT2D eigenvalue weighted by Gasteiger charge is -2.11. The summed E-state index contributed by atoms with van der Waals surface area (Å²) in [5.41, 5.74) is 5.37. The van der Waals surface area contributed by atoms with Gasteiger partial charge in [-0.15, -0.1) is 0 Å². The highest BCUT2D eigenvalue weighted by Gasteiger charge is 2.12. The average Bonchev–Trinajstić information content (AvgIpc) is 2.47. The van der Waals surface area contributed by atoms with Crippen molar-refractivity contribution in [3.05, 3.63) is 58.6 Å². The molecule has 21 heavy (non-hydrogen) atoms. The number of benzene rings is 2. The summed E-state index contributed by atoms with van der Waals surface area (Å²) < 4.78 is 0. The van der Waals surface area contributed by atoms with Crippen LogP contribution in [0.3, 0.4) is 0 Å². The van der Waals surface area contributed by atoms with E-state index in [2.05, 4.69) is 24.6 Å². The Hall–Kier alpha value is -2.04. The van der Waals surface area contributed by atoms with Crippen molar-refractivity contribution in [1.82, 2.24) is 0 Å². The van der Waals surface area contributed by atoms with Crippen molar-refractivity contribution >= 4 is 28.9 Å². The molecule has 0 aliphatic rings. The maximum absolute atomic E-state index is 12.3. The van der Waals surface area contributed by atoms with Crippen molar-refractivity contribution in [2.24, 2.45) is 5.84 Å². The molecular formula is C16H18ClN3O. The molecule has 0 saturated carbocycles. The lowest BCUT2D eigenvalue weighted by Crippen LogP contribution is -2.17. The Morgan fingerprint density at radius 3 is 2.38 bits per heavy atom. The van der Waals surface area contributed by atoms with E-state index in [-0.39, 0.29) is 5.91 Å². The normalized spacial score (nSPS) is 10.5. The topological polar surface area (TPSA) is 67.2 Å². The third-order valence-corrected chi connectivity index (χ3v) is 3.45. The summed E-state index contributed by atoms with van der Waals surface area (Å²) in [6, 6.07) is 12.7. The van der Waals surface area contributed by atoms with Gasteiger partial charge in [-0.3, -0.25) is 10.6 Å². The monoisotopic (exact) mass is 303 g/mol. The van der Waals surface area contributed by atoms with Gasteiger partial charge in [-0.1, -0.05) is 37.6 Å². The quantitative estimate of drug-likeness (QED) is 0.591. The third-order valence-electron chi connectivity index (χ3n) is 3.22. The lowest BCUT2D eigenvalue weighted by molar-refractivity contribution is 0.102. The fourth-order valence-electron chi connectivity index (χ4n) is 1.98. The molecule has 2 aromatic rings. The minimum Gasteiger partial charge on any atom is -0.323 e. The van der Waals surface area contributed by atoms with Crippen molar-refractivity contribution in [1.29, 1.82) is 0 Å². The Morgan fingerprint density at radius 2 is 1.81 bits per heavy atom. The van der Waals surface area contributed by atoms with Gasteiger partial charge in [0.05, 0.1) is 11.3 Å². The van der Waals surface area contributed by atoms with Gasteiger partial charge in [-0.2, -0.15) is 0 Å². The predicted molar refractivity (Wildman–Crippen MR) is 87.7 cm³/mol. The van der Waals surface area contributed by atoms with E-state index in [0.29, 0.717) is 22.2 Å². The Balaban J connectivity index is 2.19. The summed E-state index contributed by atoms with van der Waals surface area (Å²) in [5, 5.41) is 3.31. The molecule has 0 fully saturated rings. The molecule has 0 unspecified atom stereocenters. The molecular weight excluding hydrogens is 286 g/mol. The van der Waals surface area contributed by atoms with Crippen molar-refractivity contribution in [3.63, 3.8) is 0 Å². The number of nitrogens with one attached hydrogen (secondary N) is 2. The summed E-state index contributed by atoms with van der Waals surface area (Å²) in [5.74, 6) is 5.60. The zero-order valence-electron chi connectivity index (χ0n) is 12.0. The number of hydrazine groups is 1. The van der Waals surface area contributed by atoms with Crippen LogP contribution in [0.25, 0.3) is 0 Å². The molecule has 0 aliphatic carbocycles. The van der Waals surface area contributed by atoms with Gasteiger partial charge in [-0.25, -0.2) is 0 Å². The Labute approximate surface area is 129 Å². The number of hydrogen-bond acceptors (Lipinski definition) is 3. The maximum atomic E-state index is 12.3. The molecule has 4 N–H and O–H groups in total. The van der Waals surface area contributed by atoms with Gasteiger partial charge < -0.3 is 10.7 Å². The summed E-state index contributed by atoms with van der Waals surface area (Å²) in [6.07, 6.45) is 0. The Bertz CT molecular complexity index is 638. The molecule has 2 aromatic carbocycles. The largest absolute Gasteiger partial charge is 0.323 e. The molecule has 0 aliphatic heterocycles. The number of hydrogen-bond donors (Lipinski definition) is 3. The van der Waals surface area contributed by atoms with Crippen LogP contribution >= 0.6 is 11.6 Å². The number of halogens is 1. The van der Waals surface area contributed by atoms with Crippen LogP contribution in [0.15, 0.2) is 42.5 Å². The van der Waals surface area contributed by atoms with Crippen molar-refractivity contribution in [2.45, 2.75) is 19.8 Å². The van der Waals surface area contributed by atoms with Crippen LogP contribution in [0, 0.1) is 0 Å². The van der Waals surface area contributed by atoms with E-state index in [1.807, 2.05) is 24.3 Å². The fraction of sp³-hybridized carbons (Fsp3) is 0.188. The molecule has 5 heteroatoms. The Morgan fingerprint density at radius 1 is 1.14 bits per heavy atom. The minimum atomic E-state index is -0.261. The van der Waals surface area contributed by atoms with Gasteiger partial charge in [0.15, 0.2) is 0 Å². The van der Waals surface area contributed by atoms with E-state index in [0.717, 1.165) is 5.69 Å². The molecule has 1 amide bonds. The summed E-state index contributed by atoms with van der Waals surface area (Å²) in [4.78, 5) is 12.3. The third kappa shape index (κ3) is 3.74. The van der Waals surface area contributed by atoms with Crippen LogP contribution in [0.4, 0.5) is 11.4 Å². The first-order valence-corrected chi connectivity index (χ1v) is 7.06. The van der Waals surface area contributed by atoms with Gasteiger partial charge in [0.1, 0.15) is 0 Å². The van der Waals surface area contributed by atoms with E-state index >= 15 is 0 Å². The highest BCUT2D eigenvalue weighted by molar-refractivity contribution is 6.31. The van der Waals surface area contributed by atoms with E-state index < -0.39 is 0 Å². The second-order valence-electron chi connectivity index (χ2n) is 5.07. The molecule has 0 radical (unpaired) electrons. The standard InChI is InChI=1S/C16H18ClN3O/c1-10(2)11-3-6-13(7-4-11)19-16(21)14-9-12(17)5-8-15(14)20-18/h3-10,20H,18H2,1-2H3,(H,19,21). The minimum absolute atomic E-state index is 0.261. The first-order valence-electron chi connectivity index (χ1n) is 6.68. The summed E-state index contributed by atoms with van der Waals surface area (Å²) >= 11 is 5.93. The first kappa shape index (κ1) is 15.4. The number of nitrogen functional groups attached to an aromatic ring is 1. The van der Waals surface area contributed by atoms with Gasteiger partial charge in [0.2, 0.25) is 0 Å². The van der Waals surface area contributed by atoms with Crippen LogP contribution in [-0.4, -0.2) is 5.91 Å². The van der Waals surface area contributed by atoms with Crippen LogP contribution in [0.1, 0.15) is 35.7 Å². The first-order chi connectivity index (χ1) is 10.0. The number of carbonyl (C=O) groups excluding carboxylic acids is 1. The van der Waals surface area contributed by atoms with Gasteiger partial charge in [0, 0.05) is 10.7 Å². The van der Waals surface area contributed by atoms with E-state index in [9.17, 15) is 4.79 Å². The number of amides is 1. The smallest absolute Gasteiger partial charge is 0.257 e. The molecule has 0 aromatic heterocycles. The van der Waals surface area contributed by atoms with Gasteiger partial charge in [-0.05, 0) is 41.8 Å². The van der Waals surface area contributed by atoms with E-state index in [4.69, 9.17) is 17.4 Å². The second-order valence-corrected chi connectivity index (χ2v) is 5.50. The van der Waals surface area contributed by atoms with Crippen molar-refractivity contribution < 1.29 is 4.79 Å². The van der Waals surface area contributed by atoms with Crippen LogP contribution in [0.5, 0.6) is 0 Å². The second kappa shape index (κ2) is 6.61. The molecule has 0 bridgehead atoms. The molecule has 110 valence electrons. The zero-order chi connectivity index (χ0) is 15.4. The van der Waals surface area contributed by atoms with E-state index in [1.165, 1.54) is 5.56 Å².